The van der Waals surface area contributed by atoms with Crippen LogP contribution in [0.3, 0.4) is 0 Å². The molecule has 2 heterocycles. The van der Waals surface area contributed by atoms with Gasteiger partial charge in [0.05, 0.1) is 12.1 Å². The molecule has 0 bridgehead atoms. The maximum Gasteiger partial charge on any atom is 0.123 e. The van der Waals surface area contributed by atoms with Gasteiger partial charge in [0, 0.05) is 25.0 Å². The Bertz CT molecular complexity index is 312. The van der Waals surface area contributed by atoms with E-state index in [-0.39, 0.29) is 0 Å². The highest BCUT2D eigenvalue weighted by Gasteiger charge is 2.24. The number of nitrogens with zero attached hydrogens (tertiary/aromatic N) is 1. The minimum Gasteiger partial charge on any atom is -0.378 e. The van der Waals surface area contributed by atoms with E-state index >= 15 is 0 Å². The van der Waals surface area contributed by atoms with E-state index in [0.29, 0.717) is 18.2 Å². The van der Waals surface area contributed by atoms with Crippen molar-refractivity contribution < 1.29 is 4.74 Å². The number of aromatic amines is 1. The van der Waals surface area contributed by atoms with E-state index < -0.39 is 0 Å². The lowest BCUT2D eigenvalue weighted by molar-refractivity contribution is -0.00226. The largest absolute Gasteiger partial charge is 0.378 e. The molecule has 1 aliphatic heterocycles. The van der Waals surface area contributed by atoms with Crippen LogP contribution in [0.5, 0.6) is 0 Å². The van der Waals surface area contributed by atoms with Crippen LogP contribution in [0.2, 0.25) is 0 Å². The predicted molar refractivity (Wildman–Crippen MR) is 67.8 cm³/mol. The number of ether oxygens (including phenoxy) is 1. The fourth-order valence-electron chi connectivity index (χ4n) is 2.46. The quantitative estimate of drug-likeness (QED) is 0.827. The van der Waals surface area contributed by atoms with Crippen molar-refractivity contribution in [2.24, 2.45) is 0 Å². The summed E-state index contributed by atoms with van der Waals surface area (Å²) in [5.74, 6) is 1.05. The highest BCUT2D eigenvalue weighted by Crippen LogP contribution is 2.20. The number of nitrogens with one attached hydrogen (secondary N) is 2. The van der Waals surface area contributed by atoms with E-state index in [1.54, 1.807) is 0 Å². The van der Waals surface area contributed by atoms with Gasteiger partial charge in [-0.25, -0.2) is 4.98 Å². The first-order valence-electron chi connectivity index (χ1n) is 6.70. The molecule has 2 N–H and O–H groups in total. The van der Waals surface area contributed by atoms with E-state index in [1.807, 2.05) is 12.4 Å². The Morgan fingerprint density at radius 2 is 2.47 bits per heavy atom. The van der Waals surface area contributed by atoms with Gasteiger partial charge < -0.3 is 15.0 Å². The molecule has 1 aromatic heterocycles. The van der Waals surface area contributed by atoms with E-state index in [1.165, 1.54) is 0 Å². The van der Waals surface area contributed by atoms with Gasteiger partial charge in [-0.1, -0.05) is 13.8 Å². The van der Waals surface area contributed by atoms with Gasteiger partial charge in [-0.3, -0.25) is 0 Å². The van der Waals surface area contributed by atoms with Crippen molar-refractivity contribution in [1.82, 2.24) is 15.3 Å². The third kappa shape index (κ3) is 3.30. The number of rotatable bonds is 5. The first kappa shape index (κ1) is 12.6. The summed E-state index contributed by atoms with van der Waals surface area (Å²) in [4.78, 5) is 7.54. The molecule has 0 radical (unpaired) electrons. The molecule has 4 nitrogen and oxygen atoms in total. The van der Waals surface area contributed by atoms with Crippen LogP contribution in [0.25, 0.3) is 0 Å². The zero-order valence-electron chi connectivity index (χ0n) is 10.8. The molecule has 3 unspecified atom stereocenters. The van der Waals surface area contributed by atoms with Gasteiger partial charge in [-0.2, -0.15) is 0 Å². The van der Waals surface area contributed by atoms with Crippen molar-refractivity contribution in [1.29, 1.82) is 0 Å². The maximum absolute atomic E-state index is 5.70. The van der Waals surface area contributed by atoms with Gasteiger partial charge in [-0.15, -0.1) is 0 Å². The van der Waals surface area contributed by atoms with Crippen LogP contribution in [-0.4, -0.2) is 28.7 Å². The fraction of sp³-hybridized carbons (Fsp3) is 0.769. The van der Waals surface area contributed by atoms with Crippen LogP contribution >= 0.6 is 0 Å². The Morgan fingerprint density at radius 3 is 3.12 bits per heavy atom. The lowest BCUT2D eigenvalue weighted by atomic mass is 10.00. The molecule has 1 fully saturated rings. The summed E-state index contributed by atoms with van der Waals surface area (Å²) in [6.45, 7) is 5.26. The molecule has 1 saturated heterocycles. The predicted octanol–water partition coefficient (Wildman–Crippen LogP) is 2.41. The molecule has 4 heteroatoms. The van der Waals surface area contributed by atoms with Crippen molar-refractivity contribution in [3.8, 4) is 0 Å². The van der Waals surface area contributed by atoms with Crippen LogP contribution in [0.4, 0.5) is 0 Å². The van der Waals surface area contributed by atoms with Crippen molar-refractivity contribution in [3.63, 3.8) is 0 Å². The Morgan fingerprint density at radius 1 is 1.59 bits per heavy atom. The summed E-state index contributed by atoms with van der Waals surface area (Å²) in [5, 5.41) is 3.70. The average molecular weight is 237 g/mol. The third-order valence-corrected chi connectivity index (χ3v) is 3.52. The van der Waals surface area contributed by atoms with Gasteiger partial charge in [-0.05, 0) is 25.7 Å². The summed E-state index contributed by atoms with van der Waals surface area (Å²) in [6.07, 6.45) is 8.52. The molecule has 1 aromatic rings. The Hall–Kier alpha value is -0.870. The van der Waals surface area contributed by atoms with Crippen LogP contribution < -0.4 is 5.32 Å². The molecule has 0 aromatic carbocycles. The molecule has 0 amide bonds. The lowest BCUT2D eigenvalue weighted by Crippen LogP contribution is -2.40. The number of hydrogen-bond acceptors (Lipinski definition) is 3. The number of imidazole rings is 1. The van der Waals surface area contributed by atoms with E-state index in [2.05, 4.69) is 29.1 Å². The van der Waals surface area contributed by atoms with Crippen LogP contribution in [0, 0.1) is 0 Å². The van der Waals surface area contributed by atoms with E-state index in [0.717, 1.165) is 38.1 Å². The second kappa shape index (κ2) is 6.17. The van der Waals surface area contributed by atoms with Crippen LogP contribution in [0.15, 0.2) is 12.4 Å². The Labute approximate surface area is 103 Å². The second-order valence-electron chi connectivity index (χ2n) is 4.72. The smallest absolute Gasteiger partial charge is 0.123 e. The first-order chi connectivity index (χ1) is 8.33. The average Bonchev–Trinajstić information content (AvgIpc) is 2.90. The summed E-state index contributed by atoms with van der Waals surface area (Å²) in [6, 6.07) is 0.898. The maximum atomic E-state index is 5.70. The third-order valence-electron chi connectivity index (χ3n) is 3.52. The summed E-state index contributed by atoms with van der Waals surface area (Å²) >= 11 is 0. The van der Waals surface area contributed by atoms with E-state index in [9.17, 15) is 0 Å². The molecular weight excluding hydrogens is 214 g/mol. The topological polar surface area (TPSA) is 49.9 Å². The first-order valence-corrected chi connectivity index (χ1v) is 6.70. The minimum atomic E-state index is 0.339. The second-order valence-corrected chi connectivity index (χ2v) is 4.72. The van der Waals surface area contributed by atoms with Gasteiger partial charge in [0.25, 0.3) is 0 Å². The molecule has 0 saturated carbocycles. The molecule has 17 heavy (non-hydrogen) atoms. The van der Waals surface area contributed by atoms with Gasteiger partial charge in [0.1, 0.15) is 5.82 Å². The number of hydrogen-bond donors (Lipinski definition) is 2. The highest BCUT2D eigenvalue weighted by atomic mass is 16.5. The summed E-state index contributed by atoms with van der Waals surface area (Å²) in [5.41, 5.74) is 0. The van der Waals surface area contributed by atoms with Gasteiger partial charge in [0.15, 0.2) is 0 Å². The minimum absolute atomic E-state index is 0.339. The summed E-state index contributed by atoms with van der Waals surface area (Å²) in [7, 11) is 0. The fourth-order valence-corrected chi connectivity index (χ4v) is 2.46. The highest BCUT2D eigenvalue weighted by molar-refractivity contribution is 4.96. The van der Waals surface area contributed by atoms with Gasteiger partial charge in [0.2, 0.25) is 0 Å². The Balaban J connectivity index is 1.90. The Kier molecular flexibility index (Phi) is 4.57. The SMILES string of the molecule is CCC1CC(NC(CC)c2ncc[nH]2)CCO1. The van der Waals surface area contributed by atoms with Crippen molar-refractivity contribution in [2.75, 3.05) is 6.61 Å². The zero-order chi connectivity index (χ0) is 12.1. The normalized spacial score (nSPS) is 26.9. The van der Waals surface area contributed by atoms with Crippen molar-refractivity contribution >= 4 is 0 Å². The van der Waals surface area contributed by atoms with E-state index in [4.69, 9.17) is 4.74 Å². The molecule has 0 spiro atoms. The monoisotopic (exact) mass is 237 g/mol. The van der Waals surface area contributed by atoms with Crippen molar-refractivity contribution in [3.05, 3.63) is 18.2 Å². The van der Waals surface area contributed by atoms with Crippen LogP contribution in [-0.2, 0) is 4.74 Å². The van der Waals surface area contributed by atoms with Gasteiger partial charge >= 0.3 is 0 Å². The van der Waals surface area contributed by atoms with Crippen molar-refractivity contribution in [2.45, 2.75) is 57.7 Å². The lowest BCUT2D eigenvalue weighted by Gasteiger charge is -2.32. The zero-order valence-corrected chi connectivity index (χ0v) is 10.8. The number of aromatic nitrogens is 2. The molecular formula is C13H23N3O. The molecule has 0 aliphatic carbocycles. The number of H-pyrrole nitrogens is 1. The van der Waals surface area contributed by atoms with Crippen LogP contribution in [0.1, 0.15) is 51.4 Å². The molecule has 1 aliphatic rings. The molecule has 3 atom stereocenters. The molecule has 2 rings (SSSR count). The molecule has 96 valence electrons. The standard InChI is InChI=1S/C13H23N3O/c1-3-11-9-10(5-8-17-11)16-12(4-2)13-14-6-7-15-13/h6-7,10-12,16H,3-5,8-9H2,1-2H3,(H,14,15). The summed E-state index contributed by atoms with van der Waals surface area (Å²) < 4.78 is 5.70.